The minimum Gasteiger partial charge on any atom is -0.378 e. The van der Waals surface area contributed by atoms with Crippen LogP contribution in [0.3, 0.4) is 0 Å². The van der Waals surface area contributed by atoms with Crippen molar-refractivity contribution < 1.29 is 8.42 Å². The Morgan fingerprint density at radius 1 is 1.29 bits per heavy atom. The van der Waals surface area contributed by atoms with Crippen LogP contribution in [-0.2, 0) is 16.6 Å². The van der Waals surface area contributed by atoms with E-state index in [1.54, 1.807) is 0 Å². The van der Waals surface area contributed by atoms with Crippen LogP contribution in [0.5, 0.6) is 0 Å². The number of anilines is 2. The number of benzene rings is 1. The van der Waals surface area contributed by atoms with Crippen LogP contribution >= 0.6 is 11.3 Å². The van der Waals surface area contributed by atoms with E-state index in [1.807, 2.05) is 49.1 Å². The highest BCUT2D eigenvalue weighted by Gasteiger charge is 2.15. The highest BCUT2D eigenvalue weighted by Crippen LogP contribution is 2.26. The molecule has 0 saturated heterocycles. The summed E-state index contributed by atoms with van der Waals surface area (Å²) in [5, 5.41) is 5.71. The summed E-state index contributed by atoms with van der Waals surface area (Å²) >= 11 is 1.07. The smallest absolute Gasteiger partial charge is 0.249 e. The lowest BCUT2D eigenvalue weighted by molar-refractivity contribution is 0.599. The van der Waals surface area contributed by atoms with Gasteiger partial charge < -0.3 is 9.80 Å². The molecule has 0 aliphatic rings. The van der Waals surface area contributed by atoms with Gasteiger partial charge in [0.05, 0.1) is 6.20 Å². The van der Waals surface area contributed by atoms with E-state index in [0.717, 1.165) is 22.6 Å². The van der Waals surface area contributed by atoms with Crippen molar-refractivity contribution in [3.8, 4) is 0 Å². The van der Waals surface area contributed by atoms with Gasteiger partial charge in [-0.3, -0.25) is 0 Å². The Morgan fingerprint density at radius 3 is 2.57 bits per heavy atom. The summed E-state index contributed by atoms with van der Waals surface area (Å²) in [6.07, 6.45) is 1.29. The van der Waals surface area contributed by atoms with Crippen molar-refractivity contribution in [1.29, 1.82) is 0 Å². The fourth-order valence-corrected chi connectivity index (χ4v) is 3.33. The van der Waals surface area contributed by atoms with Gasteiger partial charge in [0.1, 0.15) is 0 Å². The van der Waals surface area contributed by atoms with E-state index in [4.69, 9.17) is 5.14 Å². The normalized spacial score (nSPS) is 11.4. The van der Waals surface area contributed by atoms with Crippen molar-refractivity contribution in [2.24, 2.45) is 5.14 Å². The van der Waals surface area contributed by atoms with Crippen molar-refractivity contribution in [3.05, 3.63) is 36.0 Å². The molecule has 1 heterocycles. The second-order valence-corrected chi connectivity index (χ2v) is 7.72. The zero-order chi connectivity index (χ0) is 15.6. The Morgan fingerprint density at radius 2 is 2.00 bits per heavy atom. The number of aromatic nitrogens is 1. The van der Waals surface area contributed by atoms with Crippen LogP contribution in [0.25, 0.3) is 0 Å². The van der Waals surface area contributed by atoms with Crippen molar-refractivity contribution in [2.75, 3.05) is 30.9 Å². The van der Waals surface area contributed by atoms with Gasteiger partial charge in [-0.05, 0) is 17.7 Å². The molecule has 0 aliphatic heterocycles. The third kappa shape index (κ3) is 3.93. The van der Waals surface area contributed by atoms with Gasteiger partial charge in [-0.1, -0.05) is 23.5 Å². The second kappa shape index (κ2) is 6.00. The average molecular weight is 326 g/mol. The molecule has 2 N–H and O–H groups in total. The molecular formula is C13H18N4O2S2. The van der Waals surface area contributed by atoms with E-state index in [-0.39, 0.29) is 4.21 Å². The molecule has 0 radical (unpaired) electrons. The Balaban J connectivity index is 2.16. The van der Waals surface area contributed by atoms with Crippen LogP contribution in [0.15, 0.2) is 34.7 Å². The van der Waals surface area contributed by atoms with Crippen LogP contribution in [0.2, 0.25) is 0 Å². The first-order valence-electron chi connectivity index (χ1n) is 6.23. The average Bonchev–Trinajstić information content (AvgIpc) is 2.88. The quantitative estimate of drug-likeness (QED) is 0.900. The number of nitrogens with two attached hydrogens (primary N) is 1. The molecule has 0 atom stereocenters. The predicted molar refractivity (Wildman–Crippen MR) is 86.4 cm³/mol. The molecule has 0 saturated carbocycles. The first kappa shape index (κ1) is 15.7. The molecule has 0 fully saturated rings. The topological polar surface area (TPSA) is 79.5 Å². The Hall–Kier alpha value is -1.64. The zero-order valence-corrected chi connectivity index (χ0v) is 13.8. The second-order valence-electron chi connectivity index (χ2n) is 4.93. The minimum absolute atomic E-state index is 0.0754. The molecule has 0 unspecified atom stereocenters. The molecule has 0 aliphatic carbocycles. The number of primary sulfonamides is 1. The highest BCUT2D eigenvalue weighted by molar-refractivity contribution is 7.91. The first-order valence-corrected chi connectivity index (χ1v) is 8.59. The van der Waals surface area contributed by atoms with E-state index < -0.39 is 10.0 Å². The molecule has 8 heteroatoms. The summed E-state index contributed by atoms with van der Waals surface area (Å²) in [5.41, 5.74) is 2.24. The fraction of sp³-hybridized carbons (Fsp3) is 0.308. The molecule has 21 heavy (non-hydrogen) atoms. The minimum atomic E-state index is -3.68. The monoisotopic (exact) mass is 326 g/mol. The number of nitrogens with zero attached hydrogens (tertiary/aromatic N) is 3. The molecule has 1 aromatic heterocycles. The van der Waals surface area contributed by atoms with Crippen molar-refractivity contribution in [3.63, 3.8) is 0 Å². The van der Waals surface area contributed by atoms with Crippen molar-refractivity contribution in [2.45, 2.75) is 10.8 Å². The molecule has 114 valence electrons. The third-order valence-corrected chi connectivity index (χ3v) is 5.45. The van der Waals surface area contributed by atoms with Crippen LogP contribution in [0.4, 0.5) is 10.8 Å². The summed E-state index contributed by atoms with van der Waals surface area (Å²) in [5.74, 6) is 0. The highest BCUT2D eigenvalue weighted by atomic mass is 32.2. The predicted octanol–water partition coefficient (Wildman–Crippen LogP) is 1.49. The Labute approximate surface area is 128 Å². The lowest BCUT2D eigenvalue weighted by Crippen LogP contribution is -2.16. The standard InChI is InChI=1S/C13H18N4O2S2/c1-16(2)11-6-4-5-10(7-11)9-17(3)13-15-8-12(20-13)21(14,18)19/h4-8H,9H2,1-3H3,(H2,14,18,19). The van der Waals surface area contributed by atoms with E-state index in [0.29, 0.717) is 11.7 Å². The number of sulfonamides is 1. The summed E-state index contributed by atoms with van der Waals surface area (Å²) < 4.78 is 22.6. The zero-order valence-electron chi connectivity index (χ0n) is 12.1. The maximum atomic E-state index is 11.3. The number of hydrogen-bond donors (Lipinski definition) is 1. The van der Waals surface area contributed by atoms with Gasteiger partial charge in [0.2, 0.25) is 10.0 Å². The molecule has 2 rings (SSSR count). The van der Waals surface area contributed by atoms with Gasteiger partial charge >= 0.3 is 0 Å². The Kier molecular flexibility index (Phi) is 4.50. The van der Waals surface area contributed by atoms with E-state index in [9.17, 15) is 8.42 Å². The molecular weight excluding hydrogens is 308 g/mol. The number of hydrogen-bond acceptors (Lipinski definition) is 6. The van der Waals surface area contributed by atoms with Gasteiger partial charge in [-0.25, -0.2) is 18.5 Å². The summed E-state index contributed by atoms with van der Waals surface area (Å²) in [6, 6.07) is 8.14. The summed E-state index contributed by atoms with van der Waals surface area (Å²) in [7, 11) is 2.16. The largest absolute Gasteiger partial charge is 0.378 e. The van der Waals surface area contributed by atoms with Gasteiger partial charge in [0.25, 0.3) is 0 Å². The maximum Gasteiger partial charge on any atom is 0.249 e. The maximum absolute atomic E-state index is 11.3. The molecule has 2 aromatic rings. The fourth-order valence-electron chi connectivity index (χ4n) is 1.83. The van der Waals surface area contributed by atoms with Crippen LogP contribution < -0.4 is 14.9 Å². The van der Waals surface area contributed by atoms with Gasteiger partial charge in [-0.2, -0.15) is 0 Å². The van der Waals surface area contributed by atoms with Crippen LogP contribution in [0, 0.1) is 0 Å². The van der Waals surface area contributed by atoms with E-state index in [1.165, 1.54) is 6.20 Å². The third-order valence-electron chi connectivity index (χ3n) is 2.93. The number of rotatable bonds is 5. The molecule has 0 bridgehead atoms. The SMILES string of the molecule is CN(C)c1cccc(CN(C)c2ncc(S(N)(=O)=O)s2)c1. The van der Waals surface area contributed by atoms with Crippen LogP contribution in [0.1, 0.15) is 5.56 Å². The van der Waals surface area contributed by atoms with E-state index >= 15 is 0 Å². The first-order chi connectivity index (χ1) is 9.77. The molecule has 1 aromatic carbocycles. The van der Waals surface area contributed by atoms with Gasteiger partial charge in [0, 0.05) is 33.4 Å². The lowest BCUT2D eigenvalue weighted by atomic mass is 10.2. The van der Waals surface area contributed by atoms with Crippen molar-refractivity contribution >= 4 is 32.2 Å². The van der Waals surface area contributed by atoms with Gasteiger partial charge in [0.15, 0.2) is 9.34 Å². The summed E-state index contributed by atoms with van der Waals surface area (Å²) in [6.45, 7) is 0.638. The molecule has 0 spiro atoms. The Bertz CT molecular complexity index is 725. The lowest BCUT2D eigenvalue weighted by Gasteiger charge is -2.18. The van der Waals surface area contributed by atoms with Crippen molar-refractivity contribution in [1.82, 2.24) is 4.98 Å². The van der Waals surface area contributed by atoms with Gasteiger partial charge in [-0.15, -0.1) is 0 Å². The van der Waals surface area contributed by atoms with E-state index in [2.05, 4.69) is 11.1 Å². The molecule has 0 amide bonds. The van der Waals surface area contributed by atoms with Crippen LogP contribution in [-0.4, -0.2) is 34.5 Å². The number of thiazole rings is 1. The molecule has 6 nitrogen and oxygen atoms in total. The summed E-state index contributed by atoms with van der Waals surface area (Å²) in [4.78, 5) is 8.04.